The molecule has 0 aliphatic carbocycles. The maximum atomic E-state index is 14.1. The largest absolute Gasteiger partial charge is 0.384 e. The molecular weight excluding hydrogens is 608 g/mol. The molecule has 268 valence electrons. The standard InChI is InChI=1S/C40H62N8O/c1-10-15-17-30(12-3)26-47(27-31(13-4)18-16-11-2)36(49)28-46(14-5)33-20-19-32(29(6)23-33)24-34-37(40(7,8)9)45-48-38(34)43-44-39(48)35-25-41-21-22-42-35/h19-20,22-25,30-31,41H,10-18,21,26-28H2,1-9H3/b34-24-. The fourth-order valence-electron chi connectivity index (χ4n) is 6.72. The summed E-state index contributed by atoms with van der Waals surface area (Å²) in [4.78, 5) is 23.1. The van der Waals surface area contributed by atoms with Gasteiger partial charge in [0.1, 0.15) is 5.70 Å². The fraction of sp³-hybridized carbons (Fsp3) is 0.625. The molecule has 1 aliphatic heterocycles. The number of rotatable bonds is 18. The Balaban J connectivity index is 1.62. The number of likely N-dealkylation sites (N-methyl/N-ethyl adjacent to an activating group) is 1. The van der Waals surface area contributed by atoms with Crippen LogP contribution in [0.1, 0.15) is 129 Å². The van der Waals surface area contributed by atoms with Crippen LogP contribution in [-0.4, -0.2) is 69.6 Å². The third-order valence-corrected chi connectivity index (χ3v) is 9.98. The van der Waals surface area contributed by atoms with Crippen molar-refractivity contribution in [3.63, 3.8) is 0 Å². The number of benzene rings is 1. The van der Waals surface area contributed by atoms with Crippen molar-refractivity contribution in [1.29, 1.82) is 0 Å². The summed E-state index contributed by atoms with van der Waals surface area (Å²) in [5.74, 6) is 1.98. The minimum absolute atomic E-state index is 0.202. The van der Waals surface area contributed by atoms with Crippen LogP contribution in [0.3, 0.4) is 0 Å². The molecule has 1 aromatic carbocycles. The highest BCUT2D eigenvalue weighted by molar-refractivity contribution is 5.82. The molecular formula is C40H62N8O. The van der Waals surface area contributed by atoms with Crippen molar-refractivity contribution in [3.8, 4) is 0 Å². The van der Waals surface area contributed by atoms with Crippen molar-refractivity contribution in [2.75, 3.05) is 37.6 Å². The van der Waals surface area contributed by atoms with Crippen LogP contribution < -0.4 is 15.4 Å². The van der Waals surface area contributed by atoms with Gasteiger partial charge >= 0.3 is 0 Å². The highest BCUT2D eigenvalue weighted by atomic mass is 16.2. The molecule has 2 atom stereocenters. The summed E-state index contributed by atoms with van der Waals surface area (Å²) in [5, 5.41) is 18.2. The number of carbonyl (C=O) groups excluding carboxylic acids is 1. The van der Waals surface area contributed by atoms with Gasteiger partial charge in [-0.05, 0) is 67.9 Å². The van der Waals surface area contributed by atoms with Gasteiger partial charge in [-0.15, -0.1) is 10.2 Å². The van der Waals surface area contributed by atoms with E-state index in [1.807, 2.05) is 16.9 Å². The maximum absolute atomic E-state index is 14.1. The number of amides is 1. The lowest BCUT2D eigenvalue weighted by Gasteiger charge is -2.33. The minimum atomic E-state index is -0.202. The fourth-order valence-corrected chi connectivity index (χ4v) is 6.72. The van der Waals surface area contributed by atoms with Crippen molar-refractivity contribution < 1.29 is 4.79 Å². The van der Waals surface area contributed by atoms with E-state index < -0.39 is 0 Å². The summed E-state index contributed by atoms with van der Waals surface area (Å²) < 4.78 is 1.82. The molecule has 4 rings (SSSR count). The molecule has 0 saturated heterocycles. The summed E-state index contributed by atoms with van der Waals surface area (Å²) in [7, 11) is 0. The van der Waals surface area contributed by atoms with E-state index in [4.69, 9.17) is 5.10 Å². The zero-order chi connectivity index (χ0) is 35.6. The molecule has 2 aromatic heterocycles. The first kappa shape index (κ1) is 38.1. The molecule has 1 N–H and O–H groups in total. The Kier molecular flexibility index (Phi) is 13.8. The Morgan fingerprint density at radius 2 is 1.67 bits per heavy atom. The van der Waals surface area contributed by atoms with Gasteiger partial charge in [-0.1, -0.05) is 93.1 Å². The lowest BCUT2D eigenvalue weighted by molar-refractivity contribution is -0.131. The minimum Gasteiger partial charge on any atom is -0.384 e. The van der Waals surface area contributed by atoms with Crippen LogP contribution in [0.2, 0.25) is 0 Å². The van der Waals surface area contributed by atoms with Gasteiger partial charge in [0.2, 0.25) is 11.7 Å². The molecule has 0 radical (unpaired) electrons. The molecule has 0 saturated carbocycles. The number of unbranched alkanes of at least 4 members (excludes halogenated alkanes) is 2. The van der Waals surface area contributed by atoms with E-state index in [0.29, 0.717) is 36.4 Å². The Labute approximate surface area is 295 Å². The van der Waals surface area contributed by atoms with E-state index >= 15 is 0 Å². The predicted molar refractivity (Wildman–Crippen MR) is 205 cm³/mol. The average Bonchev–Trinajstić information content (AvgIpc) is 3.68. The number of aryl methyl sites for hydroxylation is 1. The molecule has 1 amide bonds. The molecule has 0 fully saturated rings. The van der Waals surface area contributed by atoms with Gasteiger partial charge in [0.15, 0.2) is 5.65 Å². The van der Waals surface area contributed by atoms with Gasteiger partial charge < -0.3 is 15.1 Å². The number of hydrogen-bond donors (Lipinski definition) is 1. The van der Waals surface area contributed by atoms with Crippen LogP contribution in [0, 0.1) is 18.8 Å². The zero-order valence-electron chi connectivity index (χ0n) is 31.8. The third-order valence-electron chi connectivity index (χ3n) is 9.98. The number of nitrogens with one attached hydrogen (secondary N) is 1. The first-order valence-electron chi connectivity index (χ1n) is 18.9. The molecule has 9 nitrogen and oxygen atoms in total. The second-order valence-electron chi connectivity index (χ2n) is 14.9. The summed E-state index contributed by atoms with van der Waals surface area (Å²) in [6, 6.07) is 6.53. The van der Waals surface area contributed by atoms with Crippen LogP contribution in [0.4, 0.5) is 5.69 Å². The van der Waals surface area contributed by atoms with E-state index in [1.54, 1.807) is 0 Å². The lowest BCUT2D eigenvalue weighted by Crippen LogP contribution is -2.44. The van der Waals surface area contributed by atoms with Gasteiger partial charge in [-0.3, -0.25) is 9.79 Å². The predicted octanol–water partition coefficient (Wildman–Crippen LogP) is 7.34. The number of hydrogen-bond acceptors (Lipinski definition) is 7. The lowest BCUT2D eigenvalue weighted by atomic mass is 9.90. The molecule has 49 heavy (non-hydrogen) atoms. The monoisotopic (exact) mass is 671 g/mol. The van der Waals surface area contributed by atoms with Gasteiger partial charge in [-0.2, -0.15) is 9.61 Å². The van der Waals surface area contributed by atoms with Gasteiger partial charge in [-0.25, -0.2) is 0 Å². The molecule has 0 bridgehead atoms. The Bertz CT molecular complexity index is 1610. The zero-order valence-corrected chi connectivity index (χ0v) is 31.8. The van der Waals surface area contributed by atoms with Crippen LogP contribution in [0.15, 0.2) is 29.4 Å². The van der Waals surface area contributed by atoms with Crippen molar-refractivity contribution in [1.82, 2.24) is 30.0 Å². The summed E-state index contributed by atoms with van der Waals surface area (Å²) >= 11 is 0. The van der Waals surface area contributed by atoms with E-state index in [1.165, 1.54) is 38.5 Å². The van der Waals surface area contributed by atoms with Gasteiger partial charge in [0, 0.05) is 54.9 Å². The number of fused-ring (bicyclic) bond motifs is 1. The van der Waals surface area contributed by atoms with E-state index in [0.717, 1.165) is 65.8 Å². The molecule has 1 aliphatic rings. The van der Waals surface area contributed by atoms with Crippen molar-refractivity contribution >= 4 is 35.2 Å². The normalized spacial score (nSPS) is 15.0. The Morgan fingerprint density at radius 3 is 2.20 bits per heavy atom. The van der Waals surface area contributed by atoms with E-state index in [9.17, 15) is 4.79 Å². The Morgan fingerprint density at radius 1 is 1.00 bits per heavy atom. The van der Waals surface area contributed by atoms with Crippen LogP contribution >= 0.6 is 0 Å². The number of aliphatic imine (C=N–C) groups is 1. The quantitative estimate of drug-likeness (QED) is 0.152. The Hall–Kier alpha value is -3.75. The second kappa shape index (κ2) is 17.8. The summed E-state index contributed by atoms with van der Waals surface area (Å²) in [6.45, 7) is 23.5. The number of carbonyl (C=O) groups is 1. The molecule has 3 aromatic rings. The SMILES string of the molecule is CCCCC(CC)CN(CC(CC)CCCC)C(=O)CN(CC)c1ccc(/C=c2/c(C(C)(C)C)nn3c(C4=CNCC=N4)nnc23)c(C)c1. The summed E-state index contributed by atoms with van der Waals surface area (Å²) in [5.41, 5.74) is 5.50. The van der Waals surface area contributed by atoms with Crippen LogP contribution in [0.25, 0.3) is 17.4 Å². The van der Waals surface area contributed by atoms with Crippen LogP contribution in [0.5, 0.6) is 0 Å². The number of anilines is 1. The number of nitrogens with zero attached hydrogens (tertiary/aromatic N) is 7. The second-order valence-corrected chi connectivity index (χ2v) is 14.9. The van der Waals surface area contributed by atoms with Crippen molar-refractivity contribution in [2.24, 2.45) is 16.8 Å². The van der Waals surface area contributed by atoms with Crippen molar-refractivity contribution in [2.45, 2.75) is 119 Å². The van der Waals surface area contributed by atoms with Crippen molar-refractivity contribution in [3.05, 3.63) is 52.3 Å². The molecule has 3 heterocycles. The molecule has 0 spiro atoms. The first-order valence-corrected chi connectivity index (χ1v) is 18.9. The molecule has 2 unspecified atom stereocenters. The highest BCUT2D eigenvalue weighted by Gasteiger charge is 2.26. The first-order chi connectivity index (χ1) is 23.5. The van der Waals surface area contributed by atoms with E-state index in [-0.39, 0.29) is 11.3 Å². The summed E-state index contributed by atoms with van der Waals surface area (Å²) in [6.07, 6.45) is 15.3. The van der Waals surface area contributed by atoms with E-state index in [2.05, 4.69) is 117 Å². The smallest absolute Gasteiger partial charge is 0.242 e. The average molecular weight is 671 g/mol. The number of aromatic nitrogens is 4. The molecule has 9 heteroatoms. The maximum Gasteiger partial charge on any atom is 0.242 e. The van der Waals surface area contributed by atoms with Gasteiger partial charge in [0.25, 0.3) is 0 Å². The van der Waals surface area contributed by atoms with Gasteiger partial charge in [0.05, 0.1) is 12.2 Å². The highest BCUT2D eigenvalue weighted by Crippen LogP contribution is 2.25. The van der Waals surface area contributed by atoms with Crippen LogP contribution in [-0.2, 0) is 10.2 Å². The topological polar surface area (TPSA) is 91.0 Å². The third kappa shape index (κ3) is 9.70.